The van der Waals surface area contributed by atoms with Crippen LogP contribution < -0.4 is 5.73 Å². The Hall–Kier alpha value is -1.28. The van der Waals surface area contributed by atoms with Gasteiger partial charge in [-0.25, -0.2) is 13.8 Å². The lowest BCUT2D eigenvalue weighted by molar-refractivity contribution is -0.142. The molecule has 1 heterocycles. The largest absolute Gasteiger partial charge is 0.433 e. The average Bonchev–Trinajstić information content (AvgIpc) is 2.25. The summed E-state index contributed by atoms with van der Waals surface area (Å²) < 4.78 is 62.3. The van der Waals surface area contributed by atoms with Gasteiger partial charge < -0.3 is 10.8 Å². The highest BCUT2D eigenvalue weighted by atomic mass is 19.4. The number of hydrogen-bond acceptors (Lipinski definition) is 3. The molecule has 3 nitrogen and oxygen atoms in total. The molecule has 8 heteroatoms. The van der Waals surface area contributed by atoms with Gasteiger partial charge in [0.2, 0.25) is 0 Å². The maximum Gasteiger partial charge on any atom is 0.433 e. The number of rotatable bonds is 3. The van der Waals surface area contributed by atoms with Gasteiger partial charge in [-0.1, -0.05) is 0 Å². The van der Waals surface area contributed by atoms with Crippen molar-refractivity contribution in [3.8, 4) is 0 Å². The van der Waals surface area contributed by atoms with Crippen LogP contribution in [0.1, 0.15) is 28.9 Å². The van der Waals surface area contributed by atoms with Gasteiger partial charge in [0.1, 0.15) is 11.4 Å². The van der Waals surface area contributed by atoms with Crippen LogP contribution in [-0.4, -0.2) is 10.1 Å². The molecule has 0 aliphatic rings. The maximum atomic E-state index is 12.6. The van der Waals surface area contributed by atoms with Crippen molar-refractivity contribution in [1.29, 1.82) is 0 Å². The minimum atomic E-state index is -4.89. The van der Waals surface area contributed by atoms with E-state index in [1.165, 1.54) is 0 Å². The topological polar surface area (TPSA) is 59.1 Å². The van der Waals surface area contributed by atoms with Crippen molar-refractivity contribution in [3.63, 3.8) is 0 Å². The molecule has 0 unspecified atom stereocenters. The third-order valence-electron chi connectivity index (χ3n) is 2.10. The first-order valence-electron chi connectivity index (χ1n) is 4.50. The Morgan fingerprint density at radius 3 is 2.29 bits per heavy atom. The summed E-state index contributed by atoms with van der Waals surface area (Å²) in [7, 11) is 0. The molecule has 0 saturated heterocycles. The average molecular weight is 256 g/mol. The van der Waals surface area contributed by atoms with E-state index in [4.69, 9.17) is 10.8 Å². The highest BCUT2D eigenvalue weighted by molar-refractivity contribution is 5.34. The Labute approximate surface area is 93.1 Å². The second kappa shape index (κ2) is 4.92. The SMILES string of the molecule is NCc1c(CO)cc(C(F)F)nc1C(F)(F)F. The lowest BCUT2D eigenvalue weighted by atomic mass is 10.0. The minimum Gasteiger partial charge on any atom is -0.392 e. The number of aliphatic hydroxyl groups excluding tert-OH is 1. The molecule has 0 aromatic carbocycles. The van der Waals surface area contributed by atoms with E-state index in [1.54, 1.807) is 0 Å². The van der Waals surface area contributed by atoms with Crippen molar-refractivity contribution in [3.05, 3.63) is 28.6 Å². The van der Waals surface area contributed by atoms with E-state index in [2.05, 4.69) is 4.98 Å². The Balaban J connectivity index is 3.48. The van der Waals surface area contributed by atoms with Gasteiger partial charge in [-0.05, 0) is 11.6 Å². The predicted molar refractivity (Wildman–Crippen MR) is 48.0 cm³/mol. The number of pyridine rings is 1. The number of nitrogens with zero attached hydrogens (tertiary/aromatic N) is 1. The molecule has 0 bridgehead atoms. The zero-order valence-corrected chi connectivity index (χ0v) is 8.43. The fourth-order valence-corrected chi connectivity index (χ4v) is 1.36. The molecule has 0 atom stereocenters. The van der Waals surface area contributed by atoms with Crippen LogP contribution in [0.25, 0.3) is 0 Å². The Bertz CT molecular complexity index is 405. The van der Waals surface area contributed by atoms with Crippen LogP contribution in [0.15, 0.2) is 6.07 Å². The molecule has 0 amide bonds. The van der Waals surface area contributed by atoms with Crippen LogP contribution in [0.3, 0.4) is 0 Å². The highest BCUT2D eigenvalue weighted by Gasteiger charge is 2.37. The number of halogens is 5. The Morgan fingerprint density at radius 2 is 1.94 bits per heavy atom. The molecular formula is C9H9F5N2O. The number of alkyl halides is 5. The van der Waals surface area contributed by atoms with E-state index in [-0.39, 0.29) is 5.56 Å². The number of nitrogens with two attached hydrogens (primary N) is 1. The third-order valence-corrected chi connectivity index (χ3v) is 2.10. The molecule has 0 spiro atoms. The van der Waals surface area contributed by atoms with Gasteiger partial charge in [-0.2, -0.15) is 13.2 Å². The van der Waals surface area contributed by atoms with Gasteiger partial charge in [0.05, 0.1) is 6.61 Å². The standard InChI is InChI=1S/C9H9F5N2O/c10-8(11)6-1-4(3-17)5(2-15)7(16-6)9(12,13)14/h1,8,17H,2-3,15H2. The summed E-state index contributed by atoms with van der Waals surface area (Å²) >= 11 is 0. The van der Waals surface area contributed by atoms with Gasteiger partial charge in [0.25, 0.3) is 6.43 Å². The lowest BCUT2D eigenvalue weighted by Gasteiger charge is -2.15. The van der Waals surface area contributed by atoms with Crippen LogP contribution in [0, 0.1) is 0 Å². The van der Waals surface area contributed by atoms with Crippen molar-refractivity contribution in [2.45, 2.75) is 25.8 Å². The van der Waals surface area contributed by atoms with Gasteiger partial charge in [0.15, 0.2) is 0 Å². The first-order valence-corrected chi connectivity index (χ1v) is 4.50. The summed E-state index contributed by atoms with van der Waals surface area (Å²) in [6.07, 6.45) is -8.03. The second-order valence-corrected chi connectivity index (χ2v) is 3.19. The highest BCUT2D eigenvalue weighted by Crippen LogP contribution is 2.33. The molecule has 1 aromatic heterocycles. The third kappa shape index (κ3) is 2.89. The van der Waals surface area contributed by atoms with Gasteiger partial charge >= 0.3 is 6.18 Å². The zero-order valence-electron chi connectivity index (χ0n) is 8.43. The monoisotopic (exact) mass is 256 g/mol. The number of hydrogen-bond donors (Lipinski definition) is 2. The first kappa shape index (κ1) is 13.8. The fourth-order valence-electron chi connectivity index (χ4n) is 1.36. The van der Waals surface area contributed by atoms with E-state index < -0.39 is 42.7 Å². The summed E-state index contributed by atoms with van der Waals surface area (Å²) in [4.78, 5) is 2.86. The molecule has 1 rings (SSSR count). The van der Waals surface area contributed by atoms with Crippen molar-refractivity contribution in [2.75, 3.05) is 0 Å². The smallest absolute Gasteiger partial charge is 0.392 e. The van der Waals surface area contributed by atoms with Crippen molar-refractivity contribution < 1.29 is 27.1 Å². The van der Waals surface area contributed by atoms with Gasteiger partial charge in [0, 0.05) is 12.1 Å². The first-order chi connectivity index (χ1) is 7.81. The van der Waals surface area contributed by atoms with E-state index >= 15 is 0 Å². The predicted octanol–water partition coefficient (Wildman–Crippen LogP) is 1.99. The lowest BCUT2D eigenvalue weighted by Crippen LogP contribution is -2.18. The molecule has 17 heavy (non-hydrogen) atoms. The normalized spacial score (nSPS) is 12.2. The van der Waals surface area contributed by atoms with Crippen LogP contribution in [0.4, 0.5) is 22.0 Å². The molecule has 0 radical (unpaired) electrons. The summed E-state index contributed by atoms with van der Waals surface area (Å²) in [5, 5.41) is 8.85. The van der Waals surface area contributed by atoms with Gasteiger partial charge in [-0.15, -0.1) is 0 Å². The Kier molecular flexibility index (Phi) is 3.99. The van der Waals surface area contributed by atoms with Crippen molar-refractivity contribution >= 4 is 0 Å². The maximum absolute atomic E-state index is 12.6. The van der Waals surface area contributed by atoms with E-state index in [0.717, 1.165) is 6.07 Å². The molecular weight excluding hydrogens is 247 g/mol. The van der Waals surface area contributed by atoms with Crippen molar-refractivity contribution in [1.82, 2.24) is 4.98 Å². The van der Waals surface area contributed by atoms with Crippen LogP contribution in [0.5, 0.6) is 0 Å². The second-order valence-electron chi connectivity index (χ2n) is 3.19. The molecule has 3 N–H and O–H groups in total. The molecule has 0 fully saturated rings. The van der Waals surface area contributed by atoms with Crippen molar-refractivity contribution in [2.24, 2.45) is 5.73 Å². The molecule has 0 aliphatic carbocycles. The Morgan fingerprint density at radius 1 is 1.35 bits per heavy atom. The van der Waals surface area contributed by atoms with Crippen LogP contribution in [-0.2, 0) is 19.3 Å². The van der Waals surface area contributed by atoms with Crippen LogP contribution in [0.2, 0.25) is 0 Å². The summed E-state index contributed by atoms with van der Waals surface area (Å²) in [5.74, 6) is 0. The van der Waals surface area contributed by atoms with Crippen LogP contribution >= 0.6 is 0 Å². The molecule has 96 valence electrons. The molecule has 0 saturated carbocycles. The molecule has 0 aliphatic heterocycles. The minimum absolute atomic E-state index is 0.287. The zero-order chi connectivity index (χ0) is 13.2. The fraction of sp³-hybridized carbons (Fsp3) is 0.444. The number of aromatic nitrogens is 1. The van der Waals surface area contributed by atoms with E-state index in [9.17, 15) is 22.0 Å². The summed E-state index contributed by atoms with van der Waals surface area (Å²) in [5.41, 5.74) is 1.86. The van der Waals surface area contributed by atoms with Gasteiger partial charge in [-0.3, -0.25) is 0 Å². The quantitative estimate of drug-likeness (QED) is 0.813. The number of aliphatic hydroxyl groups is 1. The summed E-state index contributed by atoms with van der Waals surface area (Å²) in [6.45, 7) is -1.35. The summed E-state index contributed by atoms with van der Waals surface area (Å²) in [6, 6.07) is 0.724. The van der Waals surface area contributed by atoms with E-state index in [0.29, 0.717) is 0 Å². The van der Waals surface area contributed by atoms with E-state index in [1.807, 2.05) is 0 Å². The molecule has 1 aromatic rings.